The van der Waals surface area contributed by atoms with Crippen LogP contribution in [0, 0.1) is 0 Å². The number of fused-ring (bicyclic) bond motifs is 1. The molecular formula is C31H37N5O5S. The number of piperazine rings is 1. The molecule has 2 amide bonds. The van der Waals surface area contributed by atoms with Gasteiger partial charge in [-0.3, -0.25) is 19.3 Å². The number of aromatic nitrogens is 1. The minimum atomic E-state index is -0.359. The molecule has 42 heavy (non-hydrogen) atoms. The first-order chi connectivity index (χ1) is 20.2. The Kier molecular flexibility index (Phi) is 9.20. The summed E-state index contributed by atoms with van der Waals surface area (Å²) in [6.07, 6.45) is 4.51. The standard InChI is InChI=1S/C31H37N5O5S/c1-21-20-35(18-17-33(21)3)23-13-15-34(16-14-23)30(39)12-11-27(38)25-10-9-24(19-28(25)40-4)41-36(22(2)37)31-32-26-7-5-6-8-29(26)42-31/h5-12,19,21,23H,13-18,20H2,1-4H3/b12-11+. The largest absolute Gasteiger partial charge is 0.496 e. The summed E-state index contributed by atoms with van der Waals surface area (Å²) in [5.74, 6) is -0.306. The molecule has 222 valence electrons. The predicted octanol–water partition coefficient (Wildman–Crippen LogP) is 4.02. The lowest BCUT2D eigenvalue weighted by molar-refractivity contribution is -0.127. The molecule has 0 radical (unpaired) electrons. The average Bonchev–Trinajstić information content (AvgIpc) is 3.43. The maximum atomic E-state index is 13.0. The van der Waals surface area contributed by atoms with Gasteiger partial charge >= 0.3 is 0 Å². The van der Waals surface area contributed by atoms with Crippen molar-refractivity contribution in [3.63, 3.8) is 0 Å². The summed E-state index contributed by atoms with van der Waals surface area (Å²) in [6.45, 7) is 8.20. The molecule has 1 aromatic heterocycles. The van der Waals surface area contributed by atoms with Crippen molar-refractivity contribution in [1.29, 1.82) is 0 Å². The van der Waals surface area contributed by atoms with Gasteiger partial charge in [0.2, 0.25) is 11.0 Å². The van der Waals surface area contributed by atoms with E-state index in [-0.39, 0.29) is 28.9 Å². The normalized spacial score (nSPS) is 18.9. The van der Waals surface area contributed by atoms with E-state index in [9.17, 15) is 14.4 Å². The molecule has 2 aliphatic heterocycles. The molecule has 2 aromatic carbocycles. The van der Waals surface area contributed by atoms with Crippen LogP contribution in [-0.2, 0) is 9.59 Å². The number of likely N-dealkylation sites (tertiary alicyclic amines) is 1. The summed E-state index contributed by atoms with van der Waals surface area (Å²) in [4.78, 5) is 55.4. The van der Waals surface area contributed by atoms with Crippen molar-refractivity contribution in [3.05, 3.63) is 60.2 Å². The molecule has 2 aliphatic rings. The van der Waals surface area contributed by atoms with Gasteiger partial charge in [0.25, 0.3) is 5.91 Å². The van der Waals surface area contributed by atoms with Crippen LogP contribution in [0.4, 0.5) is 5.13 Å². The van der Waals surface area contributed by atoms with Crippen molar-refractivity contribution >= 4 is 44.3 Å². The SMILES string of the molecule is COc1cc(ON(C(C)=O)c2nc3ccccc3s2)ccc1C(=O)/C=C/C(=O)N1CCC(N2CCN(C)C(C)C2)CC1. The number of benzene rings is 2. The molecule has 0 bridgehead atoms. The van der Waals surface area contributed by atoms with Gasteiger partial charge in [-0.25, -0.2) is 4.98 Å². The topological polar surface area (TPSA) is 95.5 Å². The van der Waals surface area contributed by atoms with Crippen molar-refractivity contribution in [1.82, 2.24) is 19.7 Å². The van der Waals surface area contributed by atoms with Gasteiger partial charge in [0.1, 0.15) is 5.75 Å². The molecule has 1 atom stereocenters. The van der Waals surface area contributed by atoms with Crippen LogP contribution in [0.2, 0.25) is 0 Å². The molecule has 3 aromatic rings. The number of amides is 2. The minimum Gasteiger partial charge on any atom is -0.496 e. The Balaban J connectivity index is 1.20. The number of anilines is 1. The minimum absolute atomic E-state index is 0.166. The Morgan fingerprint density at radius 1 is 1.05 bits per heavy atom. The lowest BCUT2D eigenvalue weighted by Crippen LogP contribution is -2.55. The summed E-state index contributed by atoms with van der Waals surface area (Å²) in [6, 6.07) is 13.3. The Bertz CT molecular complexity index is 1450. The molecule has 2 saturated heterocycles. The first-order valence-corrected chi connectivity index (χ1v) is 15.0. The van der Waals surface area contributed by atoms with E-state index < -0.39 is 0 Å². The lowest BCUT2D eigenvalue weighted by Gasteiger charge is -2.44. The molecule has 0 spiro atoms. The van der Waals surface area contributed by atoms with Crippen LogP contribution in [-0.4, -0.2) is 96.2 Å². The Hall–Kier alpha value is -3.80. The van der Waals surface area contributed by atoms with E-state index in [1.54, 1.807) is 12.1 Å². The van der Waals surface area contributed by atoms with Crippen LogP contribution in [0.15, 0.2) is 54.6 Å². The van der Waals surface area contributed by atoms with Gasteiger partial charge in [-0.1, -0.05) is 23.5 Å². The van der Waals surface area contributed by atoms with Gasteiger partial charge < -0.3 is 19.4 Å². The molecular weight excluding hydrogens is 554 g/mol. The third-order valence-corrected chi connectivity index (χ3v) is 9.04. The maximum absolute atomic E-state index is 13.0. The van der Waals surface area contributed by atoms with Crippen LogP contribution in [0.25, 0.3) is 10.2 Å². The number of ether oxygens (including phenoxy) is 1. The van der Waals surface area contributed by atoms with E-state index in [2.05, 4.69) is 28.8 Å². The summed E-state index contributed by atoms with van der Waals surface area (Å²) in [5, 5.41) is 1.51. The van der Waals surface area contributed by atoms with Crippen LogP contribution >= 0.6 is 11.3 Å². The van der Waals surface area contributed by atoms with E-state index >= 15 is 0 Å². The second kappa shape index (κ2) is 13.0. The Morgan fingerprint density at radius 3 is 2.50 bits per heavy atom. The smallest absolute Gasteiger partial charge is 0.259 e. The number of allylic oxidation sites excluding steroid dienone is 1. The van der Waals surface area contributed by atoms with E-state index in [0.717, 1.165) is 47.8 Å². The van der Waals surface area contributed by atoms with E-state index in [0.29, 0.717) is 36.1 Å². The second-order valence-corrected chi connectivity index (χ2v) is 11.8. The number of nitrogens with zero attached hydrogens (tertiary/aromatic N) is 5. The third kappa shape index (κ3) is 6.64. The van der Waals surface area contributed by atoms with Gasteiger partial charge in [0, 0.05) is 63.9 Å². The summed E-state index contributed by atoms with van der Waals surface area (Å²) in [7, 11) is 3.62. The van der Waals surface area contributed by atoms with Gasteiger partial charge in [-0.05, 0) is 57.2 Å². The quantitative estimate of drug-likeness (QED) is 0.220. The molecule has 0 aliphatic carbocycles. The lowest BCUT2D eigenvalue weighted by atomic mass is 10.0. The fourth-order valence-electron chi connectivity index (χ4n) is 5.42. The first-order valence-electron chi connectivity index (χ1n) is 14.2. The zero-order chi connectivity index (χ0) is 29.8. The van der Waals surface area contributed by atoms with Crippen molar-refractivity contribution in [2.75, 3.05) is 51.9 Å². The number of piperidine rings is 1. The van der Waals surface area contributed by atoms with Crippen LogP contribution < -0.4 is 14.6 Å². The van der Waals surface area contributed by atoms with Crippen molar-refractivity contribution in [2.24, 2.45) is 0 Å². The highest BCUT2D eigenvalue weighted by Crippen LogP contribution is 2.31. The number of hydroxylamine groups is 1. The number of likely N-dealkylation sites (N-methyl/N-ethyl adjacent to an activating group) is 1. The number of methoxy groups -OCH3 is 1. The summed E-state index contributed by atoms with van der Waals surface area (Å²) >= 11 is 1.33. The molecule has 1 unspecified atom stereocenters. The second-order valence-electron chi connectivity index (χ2n) is 10.8. The molecule has 2 fully saturated rings. The fraction of sp³-hybridized carbons (Fsp3) is 0.419. The number of ketones is 1. The average molecular weight is 592 g/mol. The number of hydrogen-bond acceptors (Lipinski definition) is 9. The third-order valence-electron chi connectivity index (χ3n) is 8.04. The Labute approximate surface area is 250 Å². The number of thiazole rings is 1. The summed E-state index contributed by atoms with van der Waals surface area (Å²) < 4.78 is 6.38. The molecule has 0 saturated carbocycles. The summed E-state index contributed by atoms with van der Waals surface area (Å²) in [5.41, 5.74) is 1.05. The molecule has 11 heteroatoms. The van der Waals surface area contributed by atoms with Crippen LogP contribution in [0.5, 0.6) is 11.5 Å². The highest BCUT2D eigenvalue weighted by molar-refractivity contribution is 7.22. The zero-order valence-corrected chi connectivity index (χ0v) is 25.3. The van der Waals surface area contributed by atoms with Crippen LogP contribution in [0.1, 0.15) is 37.0 Å². The van der Waals surface area contributed by atoms with Gasteiger partial charge in [0.15, 0.2) is 11.5 Å². The number of para-hydroxylation sites is 1. The molecule has 0 N–H and O–H groups in total. The highest BCUT2D eigenvalue weighted by Gasteiger charge is 2.30. The number of carbonyl (C=O) groups excluding carboxylic acids is 3. The number of rotatable bonds is 8. The monoisotopic (exact) mass is 591 g/mol. The van der Waals surface area contributed by atoms with E-state index in [1.807, 2.05) is 29.2 Å². The number of hydrogen-bond donors (Lipinski definition) is 0. The van der Waals surface area contributed by atoms with Gasteiger partial charge in [-0.15, -0.1) is 5.06 Å². The predicted molar refractivity (Wildman–Crippen MR) is 163 cm³/mol. The molecule has 10 nitrogen and oxygen atoms in total. The van der Waals surface area contributed by atoms with Crippen molar-refractivity contribution in [2.45, 2.75) is 38.8 Å². The Morgan fingerprint density at radius 2 is 1.81 bits per heavy atom. The van der Waals surface area contributed by atoms with Crippen molar-refractivity contribution < 1.29 is 24.0 Å². The molecule has 5 rings (SSSR count). The zero-order valence-electron chi connectivity index (χ0n) is 24.5. The highest BCUT2D eigenvalue weighted by atomic mass is 32.1. The maximum Gasteiger partial charge on any atom is 0.259 e. The fourth-order valence-corrected chi connectivity index (χ4v) is 6.38. The van der Waals surface area contributed by atoms with E-state index in [4.69, 9.17) is 9.57 Å². The first kappa shape index (κ1) is 29.7. The van der Waals surface area contributed by atoms with E-state index in [1.165, 1.54) is 43.6 Å². The number of carbonyl (C=O) groups is 3. The van der Waals surface area contributed by atoms with Crippen molar-refractivity contribution in [3.8, 4) is 11.5 Å². The van der Waals surface area contributed by atoms with Gasteiger partial charge in [-0.2, -0.15) is 0 Å². The van der Waals surface area contributed by atoms with Gasteiger partial charge in [0.05, 0.1) is 22.9 Å². The molecule has 3 heterocycles. The van der Waals surface area contributed by atoms with Crippen LogP contribution in [0.3, 0.4) is 0 Å².